The monoisotopic (exact) mass is 186 g/mol. The second-order valence-electron chi connectivity index (χ2n) is 4.52. The van der Waals surface area contributed by atoms with Crippen molar-refractivity contribution in [1.82, 2.24) is 10.6 Å². The number of hydrogen-bond donors (Lipinski definition) is 3. The van der Waals surface area contributed by atoms with E-state index in [2.05, 4.69) is 31.4 Å². The highest BCUT2D eigenvalue weighted by Gasteiger charge is 2.31. The van der Waals surface area contributed by atoms with Crippen molar-refractivity contribution in [1.29, 1.82) is 0 Å². The van der Waals surface area contributed by atoms with Crippen LogP contribution in [0.1, 0.15) is 33.6 Å². The topological polar surface area (TPSA) is 61.4 Å². The average Bonchev–Trinajstić information content (AvgIpc) is 1.78. The molecule has 0 aromatic carbocycles. The van der Waals surface area contributed by atoms with E-state index in [1.165, 1.54) is 0 Å². The number of carboxylic acid groups (broad SMARTS) is 1. The van der Waals surface area contributed by atoms with Crippen LogP contribution < -0.4 is 10.6 Å². The van der Waals surface area contributed by atoms with Gasteiger partial charge in [0.05, 0.1) is 0 Å². The lowest BCUT2D eigenvalue weighted by Crippen LogP contribution is -2.56. The number of rotatable bonds is 1. The van der Waals surface area contributed by atoms with Crippen LogP contribution in [0.3, 0.4) is 0 Å². The molecule has 0 aromatic heterocycles. The van der Waals surface area contributed by atoms with Crippen LogP contribution in [-0.4, -0.2) is 28.8 Å². The second kappa shape index (κ2) is 3.54. The van der Waals surface area contributed by atoms with E-state index in [1.807, 2.05) is 0 Å². The predicted octanol–water partition coefficient (Wildman–Crippen LogP) is 1.17. The molecule has 0 bridgehead atoms. The molecule has 0 aromatic rings. The van der Waals surface area contributed by atoms with Gasteiger partial charge in [-0.3, -0.25) is 0 Å². The number of nitrogens with one attached hydrogen (secondary N) is 2. The summed E-state index contributed by atoms with van der Waals surface area (Å²) in [6.45, 7) is 6.27. The van der Waals surface area contributed by atoms with E-state index in [0.717, 1.165) is 12.8 Å². The van der Waals surface area contributed by atoms with E-state index in [9.17, 15) is 4.79 Å². The summed E-state index contributed by atoms with van der Waals surface area (Å²) < 4.78 is 0. The van der Waals surface area contributed by atoms with Crippen LogP contribution in [0.4, 0.5) is 4.79 Å². The summed E-state index contributed by atoms with van der Waals surface area (Å²) in [6, 6.07) is 0.462. The van der Waals surface area contributed by atoms with Crippen LogP contribution in [0.15, 0.2) is 0 Å². The van der Waals surface area contributed by atoms with Crippen molar-refractivity contribution in [2.24, 2.45) is 0 Å². The minimum absolute atomic E-state index is 0.0325. The zero-order chi connectivity index (χ0) is 10.1. The summed E-state index contributed by atoms with van der Waals surface area (Å²) in [5.74, 6) is 0. The maximum Gasteiger partial charge on any atom is 0.404 e. The molecule has 0 radical (unpaired) electrons. The van der Waals surface area contributed by atoms with Crippen molar-refractivity contribution < 1.29 is 9.90 Å². The zero-order valence-electron chi connectivity index (χ0n) is 8.42. The fourth-order valence-electron chi connectivity index (χ4n) is 2.20. The molecule has 1 saturated heterocycles. The van der Waals surface area contributed by atoms with Crippen molar-refractivity contribution in [3.8, 4) is 0 Å². The minimum atomic E-state index is -0.921. The first-order valence-electron chi connectivity index (χ1n) is 4.66. The molecule has 3 N–H and O–H groups in total. The van der Waals surface area contributed by atoms with Gasteiger partial charge in [0.25, 0.3) is 0 Å². The molecule has 1 amide bonds. The maximum absolute atomic E-state index is 10.5. The molecular weight excluding hydrogens is 168 g/mol. The van der Waals surface area contributed by atoms with Gasteiger partial charge in [0.15, 0.2) is 0 Å². The van der Waals surface area contributed by atoms with E-state index in [4.69, 9.17) is 5.11 Å². The number of amides is 1. The molecule has 1 heterocycles. The average molecular weight is 186 g/mol. The normalized spacial score (nSPS) is 32.5. The molecule has 0 saturated carbocycles. The fourth-order valence-corrected chi connectivity index (χ4v) is 2.20. The molecule has 1 rings (SSSR count). The third-order valence-corrected chi connectivity index (χ3v) is 2.36. The Morgan fingerprint density at radius 2 is 2.23 bits per heavy atom. The Labute approximate surface area is 78.7 Å². The molecule has 2 unspecified atom stereocenters. The standard InChI is InChI=1S/C9H18N2O2/c1-6-4-7(10-8(12)13)5-9(2,3)11-6/h6-7,10-11H,4-5H2,1-3H3,(H,12,13). The maximum atomic E-state index is 10.5. The van der Waals surface area contributed by atoms with E-state index in [1.54, 1.807) is 0 Å². The van der Waals surface area contributed by atoms with Crippen molar-refractivity contribution in [2.45, 2.75) is 51.2 Å². The van der Waals surface area contributed by atoms with Crippen LogP contribution >= 0.6 is 0 Å². The predicted molar refractivity (Wildman–Crippen MR) is 50.9 cm³/mol. The van der Waals surface area contributed by atoms with Gasteiger partial charge in [0, 0.05) is 17.6 Å². The highest BCUT2D eigenvalue weighted by atomic mass is 16.4. The van der Waals surface area contributed by atoms with Gasteiger partial charge in [-0.15, -0.1) is 0 Å². The molecule has 0 spiro atoms. The summed E-state index contributed by atoms with van der Waals surface area (Å²) in [7, 11) is 0. The fraction of sp³-hybridized carbons (Fsp3) is 0.889. The summed E-state index contributed by atoms with van der Waals surface area (Å²) in [6.07, 6.45) is 0.800. The SMILES string of the molecule is CC1CC(NC(=O)O)CC(C)(C)N1. The molecule has 1 aliphatic heterocycles. The molecule has 0 aliphatic carbocycles. The van der Waals surface area contributed by atoms with Crippen LogP contribution in [-0.2, 0) is 0 Å². The van der Waals surface area contributed by atoms with Gasteiger partial charge in [0.2, 0.25) is 0 Å². The highest BCUT2D eigenvalue weighted by molar-refractivity contribution is 5.64. The third-order valence-electron chi connectivity index (χ3n) is 2.36. The molecule has 1 fully saturated rings. The van der Waals surface area contributed by atoms with Crippen molar-refractivity contribution in [2.75, 3.05) is 0 Å². The Morgan fingerprint density at radius 1 is 1.62 bits per heavy atom. The second-order valence-corrected chi connectivity index (χ2v) is 4.52. The molecule has 1 aliphatic rings. The summed E-state index contributed by atoms with van der Waals surface area (Å²) in [4.78, 5) is 10.5. The van der Waals surface area contributed by atoms with Gasteiger partial charge in [-0.1, -0.05) is 0 Å². The number of carbonyl (C=O) groups is 1. The van der Waals surface area contributed by atoms with Crippen molar-refractivity contribution >= 4 is 6.09 Å². The molecular formula is C9H18N2O2. The third kappa shape index (κ3) is 3.22. The van der Waals surface area contributed by atoms with Crippen LogP contribution in [0.2, 0.25) is 0 Å². The highest BCUT2D eigenvalue weighted by Crippen LogP contribution is 2.21. The minimum Gasteiger partial charge on any atom is -0.465 e. The van der Waals surface area contributed by atoms with Gasteiger partial charge in [-0.25, -0.2) is 4.79 Å². The van der Waals surface area contributed by atoms with Crippen LogP contribution in [0.25, 0.3) is 0 Å². The van der Waals surface area contributed by atoms with Gasteiger partial charge in [-0.05, 0) is 33.6 Å². The van der Waals surface area contributed by atoms with Gasteiger partial charge >= 0.3 is 6.09 Å². The lowest BCUT2D eigenvalue weighted by Gasteiger charge is -2.40. The number of hydrogen-bond acceptors (Lipinski definition) is 2. The Hall–Kier alpha value is -0.770. The van der Waals surface area contributed by atoms with Gasteiger partial charge in [0.1, 0.15) is 0 Å². The summed E-state index contributed by atoms with van der Waals surface area (Å²) in [5, 5.41) is 14.6. The lowest BCUT2D eigenvalue weighted by atomic mass is 9.86. The quantitative estimate of drug-likeness (QED) is 0.576. The zero-order valence-corrected chi connectivity index (χ0v) is 8.42. The van der Waals surface area contributed by atoms with Crippen molar-refractivity contribution in [3.63, 3.8) is 0 Å². The molecule has 76 valence electrons. The number of piperidine rings is 1. The van der Waals surface area contributed by atoms with Crippen molar-refractivity contribution in [3.05, 3.63) is 0 Å². The smallest absolute Gasteiger partial charge is 0.404 e. The lowest BCUT2D eigenvalue weighted by molar-refractivity contribution is 0.168. The van der Waals surface area contributed by atoms with E-state index in [-0.39, 0.29) is 11.6 Å². The Kier molecular flexibility index (Phi) is 2.81. The largest absolute Gasteiger partial charge is 0.465 e. The molecule has 4 heteroatoms. The summed E-state index contributed by atoms with van der Waals surface area (Å²) in [5.41, 5.74) is 0.0325. The first-order chi connectivity index (χ1) is 5.89. The van der Waals surface area contributed by atoms with E-state index < -0.39 is 6.09 Å². The Balaban J connectivity index is 2.52. The Morgan fingerprint density at radius 3 is 2.69 bits per heavy atom. The van der Waals surface area contributed by atoms with E-state index >= 15 is 0 Å². The van der Waals surface area contributed by atoms with E-state index in [0.29, 0.717) is 6.04 Å². The molecule has 13 heavy (non-hydrogen) atoms. The molecule has 2 atom stereocenters. The van der Waals surface area contributed by atoms with Gasteiger partial charge < -0.3 is 15.7 Å². The van der Waals surface area contributed by atoms with Gasteiger partial charge in [-0.2, -0.15) is 0 Å². The first-order valence-corrected chi connectivity index (χ1v) is 4.66. The molecule has 4 nitrogen and oxygen atoms in total. The first kappa shape index (κ1) is 10.3. The van der Waals surface area contributed by atoms with Crippen LogP contribution in [0.5, 0.6) is 0 Å². The van der Waals surface area contributed by atoms with Crippen LogP contribution in [0, 0.1) is 0 Å². The Bertz CT molecular complexity index is 204. The summed E-state index contributed by atoms with van der Waals surface area (Å²) >= 11 is 0.